The lowest BCUT2D eigenvalue weighted by atomic mass is 9.89. The number of anilines is 1. The van der Waals surface area contributed by atoms with Crippen LogP contribution in [0.2, 0.25) is 5.02 Å². The third-order valence-electron chi connectivity index (χ3n) is 5.53. The van der Waals surface area contributed by atoms with Gasteiger partial charge in [-0.25, -0.2) is 9.97 Å². The molecule has 30 heavy (non-hydrogen) atoms. The molecule has 7 heteroatoms. The van der Waals surface area contributed by atoms with Crippen molar-refractivity contribution < 1.29 is 4.79 Å². The summed E-state index contributed by atoms with van der Waals surface area (Å²) < 4.78 is 0. The van der Waals surface area contributed by atoms with Crippen molar-refractivity contribution in [3.05, 3.63) is 76.6 Å². The molecule has 1 aliphatic heterocycles. The van der Waals surface area contributed by atoms with Gasteiger partial charge in [0.15, 0.2) is 0 Å². The van der Waals surface area contributed by atoms with Gasteiger partial charge in [-0.15, -0.1) is 0 Å². The maximum atomic E-state index is 11.4. The molecule has 1 saturated heterocycles. The van der Waals surface area contributed by atoms with Crippen LogP contribution in [-0.4, -0.2) is 33.9 Å². The summed E-state index contributed by atoms with van der Waals surface area (Å²) >= 11 is 6.01. The van der Waals surface area contributed by atoms with Crippen LogP contribution in [-0.2, 0) is 6.54 Å². The Kier molecular flexibility index (Phi) is 5.97. The first-order valence-electron chi connectivity index (χ1n) is 9.99. The van der Waals surface area contributed by atoms with Crippen molar-refractivity contribution in [2.24, 2.45) is 5.73 Å². The van der Waals surface area contributed by atoms with Crippen molar-refractivity contribution >= 4 is 23.5 Å². The highest BCUT2D eigenvalue weighted by Crippen LogP contribution is 2.34. The minimum atomic E-state index is -0.444. The zero-order valence-electron chi connectivity index (χ0n) is 16.6. The largest absolute Gasteiger partial charge is 0.368 e. The highest BCUT2D eigenvalue weighted by atomic mass is 35.5. The number of aromatic nitrogens is 2. The fourth-order valence-electron chi connectivity index (χ4n) is 4.03. The molecule has 1 atom stereocenters. The number of hydrogen-bond donors (Lipinski definition) is 2. The number of primary amides is 1. The number of amides is 1. The zero-order valence-corrected chi connectivity index (χ0v) is 17.3. The molecular formula is C23H24ClN5O. The lowest BCUT2D eigenvalue weighted by Crippen LogP contribution is -2.34. The first-order valence-corrected chi connectivity index (χ1v) is 10.4. The van der Waals surface area contributed by atoms with Gasteiger partial charge in [0.05, 0.1) is 5.69 Å². The van der Waals surface area contributed by atoms with Gasteiger partial charge in [0.25, 0.3) is 0 Å². The second kappa shape index (κ2) is 8.81. The van der Waals surface area contributed by atoms with E-state index in [2.05, 4.69) is 27.0 Å². The molecule has 6 nitrogen and oxygen atoms in total. The van der Waals surface area contributed by atoms with Gasteiger partial charge in [0.1, 0.15) is 0 Å². The normalized spacial score (nSPS) is 17.0. The van der Waals surface area contributed by atoms with E-state index in [1.807, 2.05) is 24.3 Å². The second-order valence-electron chi connectivity index (χ2n) is 7.67. The molecule has 2 heterocycles. The number of carbonyl (C=O) groups is 1. The van der Waals surface area contributed by atoms with Gasteiger partial charge in [-0.3, -0.25) is 9.69 Å². The van der Waals surface area contributed by atoms with Crippen LogP contribution >= 0.6 is 11.6 Å². The van der Waals surface area contributed by atoms with Crippen LogP contribution in [0, 0.1) is 0 Å². The van der Waals surface area contributed by atoms with Gasteiger partial charge >= 0.3 is 0 Å². The third kappa shape index (κ3) is 4.61. The number of rotatable bonds is 5. The number of benzene rings is 2. The van der Waals surface area contributed by atoms with E-state index in [-0.39, 0.29) is 11.9 Å². The Morgan fingerprint density at radius 3 is 2.57 bits per heavy atom. The first-order chi connectivity index (χ1) is 14.5. The maximum absolute atomic E-state index is 11.4. The van der Waals surface area contributed by atoms with Gasteiger partial charge in [-0.2, -0.15) is 0 Å². The molecule has 1 unspecified atom stereocenters. The zero-order chi connectivity index (χ0) is 21.1. The predicted molar refractivity (Wildman–Crippen MR) is 119 cm³/mol. The number of nitrogens with two attached hydrogens (primary N) is 2. The Hall–Kier alpha value is -2.96. The van der Waals surface area contributed by atoms with E-state index in [0.29, 0.717) is 5.56 Å². The number of likely N-dealkylation sites (tertiary alicyclic amines) is 1. The average Bonchev–Trinajstić information content (AvgIpc) is 2.76. The first kappa shape index (κ1) is 20.3. The molecule has 0 saturated carbocycles. The molecule has 1 aromatic heterocycles. The van der Waals surface area contributed by atoms with Crippen molar-refractivity contribution in [3.8, 4) is 11.1 Å². The lowest BCUT2D eigenvalue weighted by Gasteiger charge is -2.33. The summed E-state index contributed by atoms with van der Waals surface area (Å²) in [5.41, 5.74) is 15.9. The summed E-state index contributed by atoms with van der Waals surface area (Å²) in [7, 11) is 0. The number of halogens is 1. The summed E-state index contributed by atoms with van der Waals surface area (Å²) in [6, 6.07) is 15.2. The van der Waals surface area contributed by atoms with E-state index in [9.17, 15) is 4.79 Å². The molecule has 0 bridgehead atoms. The highest BCUT2D eigenvalue weighted by Gasteiger charge is 2.25. The molecule has 4 rings (SSSR count). The summed E-state index contributed by atoms with van der Waals surface area (Å²) in [6.07, 6.45) is 3.90. The average molecular weight is 422 g/mol. The van der Waals surface area contributed by atoms with Crippen molar-refractivity contribution in [1.29, 1.82) is 0 Å². The predicted octanol–water partition coefficient (Wildman–Crippen LogP) is 3.86. The Bertz CT molecular complexity index is 1040. The maximum Gasteiger partial charge on any atom is 0.248 e. The standard InChI is InChI=1S/C23H24ClN5O/c24-19-9-3-15(4-10-19)13-29-11-1-2-18(14-29)21-20(12-27-23(26)28-21)16-5-7-17(8-6-16)22(25)30/h3-10,12,18H,1-2,11,13-14H2,(H2,25,30)(H2,26,27,28). The van der Waals surface area contributed by atoms with E-state index in [1.165, 1.54) is 5.56 Å². The molecule has 2 aromatic carbocycles. The minimum Gasteiger partial charge on any atom is -0.368 e. The lowest BCUT2D eigenvalue weighted by molar-refractivity contribution is 0.100. The quantitative estimate of drug-likeness (QED) is 0.651. The molecule has 1 aliphatic rings. The number of nitrogens with zero attached hydrogens (tertiary/aromatic N) is 3. The number of hydrogen-bond acceptors (Lipinski definition) is 5. The van der Waals surface area contributed by atoms with Crippen LogP contribution in [0.25, 0.3) is 11.1 Å². The van der Waals surface area contributed by atoms with E-state index in [4.69, 9.17) is 23.1 Å². The molecule has 0 aliphatic carbocycles. The molecule has 1 fully saturated rings. The topological polar surface area (TPSA) is 98.1 Å². The SMILES string of the molecule is NC(=O)c1ccc(-c2cnc(N)nc2C2CCCN(Cc3ccc(Cl)cc3)C2)cc1. The number of piperidine rings is 1. The Morgan fingerprint density at radius 1 is 1.13 bits per heavy atom. The Labute approximate surface area is 180 Å². The Balaban J connectivity index is 1.58. The van der Waals surface area contributed by atoms with Gasteiger partial charge < -0.3 is 11.5 Å². The van der Waals surface area contributed by atoms with Crippen molar-refractivity contribution in [2.75, 3.05) is 18.8 Å². The second-order valence-corrected chi connectivity index (χ2v) is 8.11. The highest BCUT2D eigenvalue weighted by molar-refractivity contribution is 6.30. The summed E-state index contributed by atoms with van der Waals surface area (Å²) in [4.78, 5) is 22.6. The smallest absolute Gasteiger partial charge is 0.248 e. The van der Waals surface area contributed by atoms with E-state index in [1.54, 1.807) is 18.3 Å². The van der Waals surface area contributed by atoms with Crippen LogP contribution in [0.4, 0.5) is 5.95 Å². The van der Waals surface area contributed by atoms with E-state index < -0.39 is 5.91 Å². The van der Waals surface area contributed by atoms with Gasteiger partial charge in [0, 0.05) is 41.4 Å². The molecule has 0 spiro atoms. The summed E-state index contributed by atoms with van der Waals surface area (Å²) in [5, 5.41) is 0.749. The fourth-order valence-corrected chi connectivity index (χ4v) is 4.15. The van der Waals surface area contributed by atoms with E-state index >= 15 is 0 Å². The summed E-state index contributed by atoms with van der Waals surface area (Å²) in [5.74, 6) is 0.0833. The van der Waals surface area contributed by atoms with Gasteiger partial charge in [-0.05, 0) is 54.8 Å². The van der Waals surface area contributed by atoms with Crippen LogP contribution in [0.1, 0.15) is 40.4 Å². The van der Waals surface area contributed by atoms with E-state index in [0.717, 1.165) is 54.3 Å². The molecular weight excluding hydrogens is 398 g/mol. The van der Waals surface area contributed by atoms with Crippen LogP contribution < -0.4 is 11.5 Å². The Morgan fingerprint density at radius 2 is 1.87 bits per heavy atom. The fraction of sp³-hybridized carbons (Fsp3) is 0.261. The van der Waals surface area contributed by atoms with Crippen molar-refractivity contribution in [2.45, 2.75) is 25.3 Å². The van der Waals surface area contributed by atoms with Crippen LogP contribution in [0.3, 0.4) is 0 Å². The monoisotopic (exact) mass is 421 g/mol. The van der Waals surface area contributed by atoms with Gasteiger partial charge in [-0.1, -0.05) is 35.9 Å². The molecule has 154 valence electrons. The van der Waals surface area contributed by atoms with Crippen LogP contribution in [0.15, 0.2) is 54.7 Å². The van der Waals surface area contributed by atoms with Crippen molar-refractivity contribution in [3.63, 3.8) is 0 Å². The minimum absolute atomic E-state index is 0.252. The molecule has 1 amide bonds. The van der Waals surface area contributed by atoms with Gasteiger partial charge in [0.2, 0.25) is 11.9 Å². The number of nitrogen functional groups attached to an aromatic ring is 1. The summed E-state index contributed by atoms with van der Waals surface area (Å²) in [6.45, 7) is 2.81. The molecule has 0 radical (unpaired) electrons. The molecule has 3 aromatic rings. The molecule has 4 N–H and O–H groups in total. The third-order valence-corrected chi connectivity index (χ3v) is 5.78. The van der Waals surface area contributed by atoms with Crippen LogP contribution in [0.5, 0.6) is 0 Å². The number of carbonyl (C=O) groups excluding carboxylic acids is 1. The van der Waals surface area contributed by atoms with Crippen molar-refractivity contribution in [1.82, 2.24) is 14.9 Å².